The molecule has 0 aromatic carbocycles. The second-order valence-electron chi connectivity index (χ2n) is 4.70. The van der Waals surface area contributed by atoms with Gasteiger partial charge >= 0.3 is 5.97 Å². The Morgan fingerprint density at radius 3 is 2.33 bits per heavy atom. The average Bonchev–Trinajstić information content (AvgIpc) is 2.97. The van der Waals surface area contributed by atoms with Gasteiger partial charge in [0.15, 0.2) is 6.10 Å². The van der Waals surface area contributed by atoms with E-state index >= 15 is 0 Å². The van der Waals surface area contributed by atoms with E-state index in [1.807, 2.05) is 0 Å². The first-order valence-corrected chi connectivity index (χ1v) is 5.95. The Bertz CT molecular complexity index is 350. The fourth-order valence-electron chi connectivity index (χ4n) is 2.40. The predicted octanol–water partition coefficient (Wildman–Crippen LogP) is -1.05. The molecular formula is C11H16N2O5. The van der Waals surface area contributed by atoms with Crippen molar-refractivity contribution in [1.82, 2.24) is 4.90 Å². The smallest absolute Gasteiger partial charge is 0.332 e. The summed E-state index contributed by atoms with van der Waals surface area (Å²) < 4.78 is 5.19. The molecule has 0 spiro atoms. The van der Waals surface area contributed by atoms with Crippen molar-refractivity contribution >= 4 is 17.8 Å². The zero-order valence-corrected chi connectivity index (χ0v) is 9.87. The summed E-state index contributed by atoms with van der Waals surface area (Å²) in [5.74, 6) is -1.98. The highest BCUT2D eigenvalue weighted by Crippen LogP contribution is 2.24. The third kappa shape index (κ3) is 2.45. The van der Waals surface area contributed by atoms with Gasteiger partial charge in [-0.25, -0.2) is 4.79 Å². The molecule has 1 unspecified atom stereocenters. The largest absolute Gasteiger partial charge is 0.479 e. The topological polar surface area (TPSA) is 110 Å². The summed E-state index contributed by atoms with van der Waals surface area (Å²) in [4.78, 5) is 35.3. The van der Waals surface area contributed by atoms with Gasteiger partial charge in [-0.2, -0.15) is 0 Å². The number of rotatable bonds is 3. The first-order valence-electron chi connectivity index (χ1n) is 5.95. The number of aliphatic carboxylic acids is 1. The third-order valence-electron chi connectivity index (χ3n) is 3.47. The van der Waals surface area contributed by atoms with Crippen LogP contribution in [-0.4, -0.2) is 53.1 Å². The van der Waals surface area contributed by atoms with Gasteiger partial charge in [0, 0.05) is 13.1 Å². The molecule has 0 radical (unpaired) electrons. The number of carbonyl (C=O) groups excluding carboxylic acids is 2. The van der Waals surface area contributed by atoms with Gasteiger partial charge in [-0.3, -0.25) is 9.59 Å². The Hall–Kier alpha value is -1.63. The van der Waals surface area contributed by atoms with Crippen molar-refractivity contribution in [3.63, 3.8) is 0 Å². The summed E-state index contributed by atoms with van der Waals surface area (Å²) in [5, 5.41) is 8.78. The number of primary amides is 1. The van der Waals surface area contributed by atoms with Crippen LogP contribution in [-0.2, 0) is 19.1 Å². The van der Waals surface area contributed by atoms with Gasteiger partial charge in [0.2, 0.25) is 5.91 Å². The molecule has 2 saturated heterocycles. The predicted molar refractivity (Wildman–Crippen MR) is 59.4 cm³/mol. The number of hydrogen-bond donors (Lipinski definition) is 2. The molecule has 0 saturated carbocycles. The molecule has 7 heteroatoms. The molecule has 2 rings (SSSR count). The van der Waals surface area contributed by atoms with Gasteiger partial charge in [-0.15, -0.1) is 0 Å². The Balaban J connectivity index is 1.90. The number of nitrogens with zero attached hydrogens (tertiary/aromatic N) is 1. The minimum atomic E-state index is -1.04. The van der Waals surface area contributed by atoms with Crippen LogP contribution >= 0.6 is 0 Å². The molecule has 0 aliphatic carbocycles. The molecule has 2 fully saturated rings. The minimum absolute atomic E-state index is 0.234. The first kappa shape index (κ1) is 12.8. The van der Waals surface area contributed by atoms with Gasteiger partial charge in [-0.05, 0) is 19.3 Å². The van der Waals surface area contributed by atoms with E-state index in [0.717, 1.165) is 0 Å². The van der Waals surface area contributed by atoms with Crippen LogP contribution in [0.3, 0.4) is 0 Å². The molecule has 0 aromatic heterocycles. The zero-order valence-electron chi connectivity index (χ0n) is 9.87. The summed E-state index contributed by atoms with van der Waals surface area (Å²) in [6.45, 7) is 0.788. The van der Waals surface area contributed by atoms with Gasteiger partial charge < -0.3 is 20.5 Å². The van der Waals surface area contributed by atoms with Crippen LogP contribution in [0.15, 0.2) is 0 Å². The Labute approximate surface area is 104 Å². The molecule has 0 aromatic rings. The van der Waals surface area contributed by atoms with Crippen molar-refractivity contribution in [3.05, 3.63) is 0 Å². The van der Waals surface area contributed by atoms with E-state index in [1.165, 1.54) is 4.90 Å². The maximum atomic E-state index is 12.0. The first-order chi connectivity index (χ1) is 8.49. The van der Waals surface area contributed by atoms with Gasteiger partial charge in [0.25, 0.3) is 5.91 Å². The van der Waals surface area contributed by atoms with Crippen LogP contribution < -0.4 is 5.73 Å². The van der Waals surface area contributed by atoms with Crippen molar-refractivity contribution in [2.24, 2.45) is 11.7 Å². The molecule has 7 nitrogen and oxygen atoms in total. The van der Waals surface area contributed by atoms with Crippen LogP contribution in [0.1, 0.15) is 19.3 Å². The summed E-state index contributed by atoms with van der Waals surface area (Å²) in [6, 6.07) is 0. The van der Waals surface area contributed by atoms with E-state index in [2.05, 4.69) is 0 Å². The Morgan fingerprint density at radius 2 is 1.83 bits per heavy atom. The monoisotopic (exact) mass is 256 g/mol. The normalized spacial score (nSPS) is 31.6. The highest BCUT2D eigenvalue weighted by molar-refractivity contribution is 5.84. The molecule has 100 valence electrons. The number of likely N-dealkylation sites (tertiary alicyclic amines) is 1. The van der Waals surface area contributed by atoms with Crippen LogP contribution in [0.4, 0.5) is 0 Å². The molecule has 18 heavy (non-hydrogen) atoms. The number of hydrogen-bond acceptors (Lipinski definition) is 4. The Morgan fingerprint density at radius 1 is 1.17 bits per heavy atom. The number of carboxylic acid groups (broad SMARTS) is 1. The van der Waals surface area contributed by atoms with Crippen molar-refractivity contribution < 1.29 is 24.2 Å². The maximum absolute atomic E-state index is 12.0. The number of carbonyl (C=O) groups is 3. The van der Waals surface area contributed by atoms with E-state index in [9.17, 15) is 14.4 Å². The molecule has 2 amide bonds. The fourth-order valence-corrected chi connectivity index (χ4v) is 2.40. The van der Waals surface area contributed by atoms with Crippen molar-refractivity contribution in [2.45, 2.75) is 31.5 Å². The van der Waals surface area contributed by atoms with Gasteiger partial charge in [-0.1, -0.05) is 0 Å². The average molecular weight is 256 g/mol. The molecule has 2 aliphatic heterocycles. The molecule has 2 heterocycles. The molecule has 0 bridgehead atoms. The van der Waals surface area contributed by atoms with E-state index in [0.29, 0.717) is 32.4 Å². The van der Waals surface area contributed by atoms with Gasteiger partial charge in [0.05, 0.1) is 5.92 Å². The van der Waals surface area contributed by atoms with E-state index in [1.54, 1.807) is 0 Å². The summed E-state index contributed by atoms with van der Waals surface area (Å²) in [5.41, 5.74) is 5.19. The molecule has 2 aliphatic rings. The minimum Gasteiger partial charge on any atom is -0.479 e. The highest BCUT2D eigenvalue weighted by atomic mass is 16.5. The molecular weight excluding hydrogens is 240 g/mol. The SMILES string of the molecule is NC(=O)C1CCN(C(=O)[C@@H]2CC[C@H](C(=O)O)O2)C1. The lowest BCUT2D eigenvalue weighted by Crippen LogP contribution is -2.39. The standard InChI is InChI=1S/C11H16N2O5/c12-9(14)6-3-4-13(5-6)10(15)7-1-2-8(18-7)11(16)17/h6-8H,1-5H2,(H2,12,14)(H,16,17)/t6?,7-,8+/m0/s1. The van der Waals surface area contributed by atoms with Crippen LogP contribution in [0.25, 0.3) is 0 Å². The number of nitrogens with two attached hydrogens (primary N) is 1. The van der Waals surface area contributed by atoms with Crippen molar-refractivity contribution in [3.8, 4) is 0 Å². The second-order valence-corrected chi connectivity index (χ2v) is 4.70. The number of carboxylic acids is 1. The molecule has 3 atom stereocenters. The van der Waals surface area contributed by atoms with Crippen molar-refractivity contribution in [2.75, 3.05) is 13.1 Å². The van der Waals surface area contributed by atoms with Crippen LogP contribution in [0, 0.1) is 5.92 Å². The maximum Gasteiger partial charge on any atom is 0.332 e. The number of amides is 2. The summed E-state index contributed by atoms with van der Waals surface area (Å²) >= 11 is 0. The zero-order chi connectivity index (χ0) is 13.3. The summed E-state index contributed by atoms with van der Waals surface area (Å²) in [6.07, 6.45) is -0.270. The second kappa shape index (κ2) is 4.93. The fraction of sp³-hybridized carbons (Fsp3) is 0.727. The lowest BCUT2D eigenvalue weighted by molar-refractivity contribution is -0.154. The Kier molecular flexibility index (Phi) is 3.51. The third-order valence-corrected chi connectivity index (χ3v) is 3.47. The lowest BCUT2D eigenvalue weighted by atomic mass is 10.1. The number of ether oxygens (including phenoxy) is 1. The van der Waals surface area contributed by atoms with Gasteiger partial charge in [0.1, 0.15) is 6.10 Å². The van der Waals surface area contributed by atoms with Crippen LogP contribution in [0.2, 0.25) is 0 Å². The lowest BCUT2D eigenvalue weighted by Gasteiger charge is -2.20. The van der Waals surface area contributed by atoms with Crippen LogP contribution in [0.5, 0.6) is 0 Å². The summed E-state index contributed by atoms with van der Waals surface area (Å²) in [7, 11) is 0. The van der Waals surface area contributed by atoms with Crippen molar-refractivity contribution in [1.29, 1.82) is 0 Å². The van der Waals surface area contributed by atoms with E-state index in [-0.39, 0.29) is 11.8 Å². The van der Waals surface area contributed by atoms with E-state index < -0.39 is 24.1 Å². The van der Waals surface area contributed by atoms with E-state index in [4.69, 9.17) is 15.6 Å². The quantitative estimate of drug-likeness (QED) is 0.669. The molecule has 3 N–H and O–H groups in total. The highest BCUT2D eigenvalue weighted by Gasteiger charge is 2.39.